The van der Waals surface area contributed by atoms with Gasteiger partial charge >= 0.3 is 0 Å². The summed E-state index contributed by atoms with van der Waals surface area (Å²) in [7, 11) is -0.825. The third-order valence-corrected chi connectivity index (χ3v) is 6.54. The molecule has 0 unspecified atom stereocenters. The minimum atomic E-state index is -3.70. The van der Waals surface area contributed by atoms with Gasteiger partial charge in [-0.25, -0.2) is 22.7 Å². The number of hydrogen-bond acceptors (Lipinski definition) is 6. The Morgan fingerprint density at radius 3 is 2.30 bits per heavy atom. The number of carbonyl (C=O) groups is 2. The number of anilines is 1. The van der Waals surface area contributed by atoms with Crippen LogP contribution in [0.5, 0.6) is 0 Å². The lowest BCUT2D eigenvalue weighted by molar-refractivity contribution is -0.117. The van der Waals surface area contributed by atoms with Gasteiger partial charge in [-0.15, -0.1) is 0 Å². The van der Waals surface area contributed by atoms with Gasteiger partial charge in [-0.1, -0.05) is 48.6 Å². The number of hydrogen-bond donors (Lipinski definition) is 0. The average Bonchev–Trinajstić information content (AvgIpc) is 2.83. The van der Waals surface area contributed by atoms with E-state index in [4.69, 9.17) is 0 Å². The van der Waals surface area contributed by atoms with Crippen LogP contribution in [-0.4, -0.2) is 55.0 Å². The minimum Gasteiger partial charge on any atom is -0.308 e. The van der Waals surface area contributed by atoms with Crippen LogP contribution in [0.25, 0.3) is 6.08 Å². The largest absolute Gasteiger partial charge is 0.308 e. The Morgan fingerprint density at radius 1 is 0.939 bits per heavy atom. The standard InChI is InChI=1S/C24H24N4O4S/c1-27(2)33(31,32)21-13-6-12-20(17-21)28(16-7-11-19-9-4-3-5-10-19)23(30)18-22(29)24-25-14-8-15-26-24/h3-15,17H,16,18H2,1-2H3/b11-7+. The lowest BCUT2D eigenvalue weighted by Crippen LogP contribution is -2.33. The molecule has 0 spiro atoms. The van der Waals surface area contributed by atoms with E-state index < -0.39 is 28.1 Å². The van der Waals surface area contributed by atoms with Gasteiger partial charge in [0.15, 0.2) is 5.82 Å². The molecule has 170 valence electrons. The molecule has 0 aliphatic rings. The molecule has 0 atom stereocenters. The summed E-state index contributed by atoms with van der Waals surface area (Å²) >= 11 is 0. The van der Waals surface area contributed by atoms with E-state index in [0.717, 1.165) is 9.87 Å². The highest BCUT2D eigenvalue weighted by atomic mass is 32.2. The maximum Gasteiger partial charge on any atom is 0.242 e. The van der Waals surface area contributed by atoms with Crippen molar-refractivity contribution in [3.8, 4) is 0 Å². The summed E-state index contributed by atoms with van der Waals surface area (Å²) in [6, 6.07) is 17.2. The van der Waals surface area contributed by atoms with E-state index in [1.807, 2.05) is 36.4 Å². The number of sulfonamides is 1. The summed E-state index contributed by atoms with van der Waals surface area (Å²) in [6.07, 6.45) is 6.04. The van der Waals surface area contributed by atoms with Crippen LogP contribution in [0.4, 0.5) is 5.69 Å². The summed E-state index contributed by atoms with van der Waals surface area (Å²) in [5.41, 5.74) is 1.31. The zero-order chi connectivity index (χ0) is 23.8. The van der Waals surface area contributed by atoms with E-state index in [9.17, 15) is 18.0 Å². The second-order valence-electron chi connectivity index (χ2n) is 7.27. The van der Waals surface area contributed by atoms with Gasteiger partial charge in [0.2, 0.25) is 21.7 Å². The van der Waals surface area contributed by atoms with Crippen LogP contribution in [0.2, 0.25) is 0 Å². The number of aromatic nitrogens is 2. The van der Waals surface area contributed by atoms with Gasteiger partial charge in [0, 0.05) is 38.7 Å². The van der Waals surface area contributed by atoms with Crippen molar-refractivity contribution in [2.75, 3.05) is 25.5 Å². The van der Waals surface area contributed by atoms with Crippen molar-refractivity contribution in [1.82, 2.24) is 14.3 Å². The second-order valence-corrected chi connectivity index (χ2v) is 9.43. The molecule has 0 aliphatic carbocycles. The third-order valence-electron chi connectivity index (χ3n) is 4.73. The minimum absolute atomic E-state index is 0.0467. The lowest BCUT2D eigenvalue weighted by atomic mass is 10.2. The number of benzene rings is 2. The maximum atomic E-state index is 13.1. The fourth-order valence-electron chi connectivity index (χ4n) is 2.99. The van der Waals surface area contributed by atoms with Gasteiger partial charge in [-0.05, 0) is 29.8 Å². The van der Waals surface area contributed by atoms with Crippen LogP contribution in [0.1, 0.15) is 22.6 Å². The Balaban J connectivity index is 1.90. The van der Waals surface area contributed by atoms with Crippen molar-refractivity contribution in [3.05, 3.63) is 90.5 Å². The molecule has 9 heteroatoms. The first kappa shape index (κ1) is 24.0. The zero-order valence-electron chi connectivity index (χ0n) is 18.3. The van der Waals surface area contributed by atoms with Crippen LogP contribution >= 0.6 is 0 Å². The van der Waals surface area contributed by atoms with Crippen molar-refractivity contribution in [3.63, 3.8) is 0 Å². The molecule has 0 saturated carbocycles. The Kier molecular flexibility index (Phi) is 7.81. The van der Waals surface area contributed by atoms with E-state index in [1.165, 1.54) is 43.5 Å². The first-order chi connectivity index (χ1) is 15.8. The van der Waals surface area contributed by atoms with Crippen molar-refractivity contribution < 1.29 is 18.0 Å². The summed E-state index contributed by atoms with van der Waals surface area (Å²) in [5, 5.41) is 0. The molecule has 0 saturated heterocycles. The SMILES string of the molecule is CN(C)S(=O)(=O)c1cccc(N(C/C=C/c2ccccc2)C(=O)CC(=O)c2ncccn2)c1. The number of Topliss-reactive ketones (excluding diaryl/α,β-unsaturated/α-hetero) is 1. The third kappa shape index (κ3) is 6.18. The van der Waals surface area contributed by atoms with E-state index in [-0.39, 0.29) is 17.3 Å². The van der Waals surface area contributed by atoms with Gasteiger partial charge < -0.3 is 4.90 Å². The summed E-state index contributed by atoms with van der Waals surface area (Å²) in [6.45, 7) is 0.141. The Bertz CT molecular complexity index is 1240. The van der Waals surface area contributed by atoms with Gasteiger partial charge in [0.1, 0.15) is 0 Å². The van der Waals surface area contributed by atoms with E-state index in [1.54, 1.807) is 24.3 Å². The smallest absolute Gasteiger partial charge is 0.242 e. The first-order valence-electron chi connectivity index (χ1n) is 10.1. The molecule has 0 fully saturated rings. The molecule has 0 bridgehead atoms. The normalized spacial score (nSPS) is 11.6. The van der Waals surface area contributed by atoms with Crippen molar-refractivity contribution in [2.24, 2.45) is 0 Å². The fourth-order valence-corrected chi connectivity index (χ4v) is 3.93. The predicted molar refractivity (Wildman–Crippen MR) is 126 cm³/mol. The molecule has 1 heterocycles. The van der Waals surface area contributed by atoms with Crippen molar-refractivity contribution in [1.29, 1.82) is 0 Å². The van der Waals surface area contributed by atoms with Gasteiger partial charge in [-0.2, -0.15) is 0 Å². The maximum absolute atomic E-state index is 13.1. The lowest BCUT2D eigenvalue weighted by Gasteiger charge is -2.22. The monoisotopic (exact) mass is 464 g/mol. The average molecular weight is 465 g/mol. The number of ketones is 1. The molecule has 0 radical (unpaired) electrons. The number of nitrogens with zero attached hydrogens (tertiary/aromatic N) is 4. The first-order valence-corrected chi connectivity index (χ1v) is 11.6. The van der Waals surface area contributed by atoms with Crippen LogP contribution < -0.4 is 4.90 Å². The summed E-state index contributed by atoms with van der Waals surface area (Å²) in [4.78, 5) is 34.9. The quantitative estimate of drug-likeness (QED) is 0.356. The second kappa shape index (κ2) is 10.8. The van der Waals surface area contributed by atoms with Crippen LogP contribution in [0.3, 0.4) is 0 Å². The van der Waals surface area contributed by atoms with Crippen LogP contribution in [0.15, 0.2) is 84.0 Å². The fraction of sp³-hybridized carbons (Fsp3) is 0.167. The highest BCUT2D eigenvalue weighted by Crippen LogP contribution is 2.22. The molecule has 3 aromatic rings. The van der Waals surface area contributed by atoms with E-state index in [0.29, 0.717) is 5.69 Å². The van der Waals surface area contributed by atoms with E-state index in [2.05, 4.69) is 9.97 Å². The molecule has 1 aromatic heterocycles. The highest BCUT2D eigenvalue weighted by Gasteiger charge is 2.23. The molecule has 3 rings (SSSR count). The molecule has 8 nitrogen and oxygen atoms in total. The molecule has 1 amide bonds. The predicted octanol–water partition coefficient (Wildman–Crippen LogP) is 3.05. The Hall–Kier alpha value is -3.69. The Labute approximate surface area is 193 Å². The van der Waals surface area contributed by atoms with E-state index >= 15 is 0 Å². The van der Waals surface area contributed by atoms with Gasteiger partial charge in [0.05, 0.1) is 11.3 Å². The molecular weight excluding hydrogens is 440 g/mol. The number of amides is 1. The van der Waals surface area contributed by atoms with Crippen LogP contribution in [0, 0.1) is 0 Å². The highest BCUT2D eigenvalue weighted by molar-refractivity contribution is 7.89. The molecule has 0 N–H and O–H groups in total. The summed E-state index contributed by atoms with van der Waals surface area (Å²) in [5.74, 6) is -1.06. The zero-order valence-corrected chi connectivity index (χ0v) is 19.1. The molecular formula is C24H24N4O4S. The van der Waals surface area contributed by atoms with Gasteiger partial charge in [-0.3, -0.25) is 9.59 Å². The summed E-state index contributed by atoms with van der Waals surface area (Å²) < 4.78 is 26.3. The van der Waals surface area contributed by atoms with Crippen molar-refractivity contribution >= 4 is 33.5 Å². The van der Waals surface area contributed by atoms with Crippen molar-refractivity contribution in [2.45, 2.75) is 11.3 Å². The molecule has 0 aliphatic heterocycles. The number of rotatable bonds is 9. The number of carbonyl (C=O) groups excluding carboxylic acids is 2. The Morgan fingerprint density at radius 2 is 1.64 bits per heavy atom. The molecule has 2 aromatic carbocycles. The topological polar surface area (TPSA) is 101 Å². The van der Waals surface area contributed by atoms with Gasteiger partial charge in [0.25, 0.3) is 0 Å². The molecule has 33 heavy (non-hydrogen) atoms. The van der Waals surface area contributed by atoms with Crippen LogP contribution in [-0.2, 0) is 14.8 Å².